The average molecular weight is 380 g/mol. The molecule has 7 nitrogen and oxygen atoms in total. The van der Waals surface area contributed by atoms with Crippen molar-refractivity contribution in [3.05, 3.63) is 59.2 Å². The highest BCUT2D eigenvalue weighted by Crippen LogP contribution is 2.32. The van der Waals surface area contributed by atoms with Crippen LogP contribution in [0, 0.1) is 5.92 Å². The summed E-state index contributed by atoms with van der Waals surface area (Å²) in [5, 5.41) is 2.83. The molecule has 1 atom stereocenters. The fourth-order valence-corrected chi connectivity index (χ4v) is 3.52. The number of hydrogen-bond donors (Lipinski definition) is 1. The van der Waals surface area contributed by atoms with E-state index in [4.69, 9.17) is 9.47 Å². The Labute approximate surface area is 162 Å². The molecule has 144 valence electrons. The molecule has 0 aromatic heterocycles. The molecule has 2 aromatic carbocycles. The van der Waals surface area contributed by atoms with Gasteiger partial charge in [0.25, 0.3) is 11.8 Å². The molecule has 0 radical (unpaired) electrons. The summed E-state index contributed by atoms with van der Waals surface area (Å²) in [6.45, 7) is 4.06. The lowest BCUT2D eigenvalue weighted by atomic mass is 10.0. The normalized spacial score (nSPS) is 15.8. The highest BCUT2D eigenvalue weighted by molar-refractivity contribution is 6.22. The Kier molecular flexibility index (Phi) is 4.50. The van der Waals surface area contributed by atoms with E-state index in [1.165, 1.54) is 0 Å². The topological polar surface area (TPSA) is 84.9 Å². The van der Waals surface area contributed by atoms with Crippen LogP contribution in [0.4, 0.5) is 0 Å². The summed E-state index contributed by atoms with van der Waals surface area (Å²) < 4.78 is 10.6. The van der Waals surface area contributed by atoms with Gasteiger partial charge in [0, 0.05) is 6.54 Å². The molecule has 0 bridgehead atoms. The van der Waals surface area contributed by atoms with Crippen LogP contribution in [0.1, 0.15) is 40.1 Å². The van der Waals surface area contributed by atoms with Crippen molar-refractivity contribution >= 4 is 17.7 Å². The predicted molar refractivity (Wildman–Crippen MR) is 100.0 cm³/mol. The van der Waals surface area contributed by atoms with Gasteiger partial charge < -0.3 is 14.8 Å². The Hall–Kier alpha value is -3.35. The van der Waals surface area contributed by atoms with Crippen molar-refractivity contribution < 1.29 is 23.9 Å². The summed E-state index contributed by atoms with van der Waals surface area (Å²) in [4.78, 5) is 39.5. The zero-order valence-corrected chi connectivity index (χ0v) is 15.6. The quantitative estimate of drug-likeness (QED) is 0.805. The zero-order valence-electron chi connectivity index (χ0n) is 15.6. The fraction of sp³-hybridized carbons (Fsp3) is 0.286. The molecule has 0 aliphatic carbocycles. The predicted octanol–water partition coefficient (Wildman–Crippen LogP) is 2.35. The second kappa shape index (κ2) is 6.99. The number of imide groups is 1. The average Bonchev–Trinajstić information content (AvgIpc) is 3.25. The molecule has 1 N–H and O–H groups in total. The van der Waals surface area contributed by atoms with Crippen LogP contribution in [0.15, 0.2) is 42.5 Å². The molecule has 2 heterocycles. The van der Waals surface area contributed by atoms with Gasteiger partial charge in [-0.15, -0.1) is 0 Å². The fourth-order valence-electron chi connectivity index (χ4n) is 3.52. The first kappa shape index (κ1) is 18.0. The number of carbonyl (C=O) groups excluding carboxylic acids is 3. The summed E-state index contributed by atoms with van der Waals surface area (Å²) in [6.07, 6.45) is 0. The maximum Gasteiger partial charge on any atom is 0.262 e. The second-order valence-corrected chi connectivity index (χ2v) is 7.12. The molecule has 2 aliphatic heterocycles. The van der Waals surface area contributed by atoms with E-state index in [2.05, 4.69) is 5.32 Å². The molecule has 1 unspecified atom stereocenters. The van der Waals surface area contributed by atoms with Gasteiger partial charge in [-0.2, -0.15) is 0 Å². The van der Waals surface area contributed by atoms with Crippen LogP contribution in [-0.2, 0) is 11.3 Å². The first-order chi connectivity index (χ1) is 13.5. The molecule has 4 rings (SSSR count). The Morgan fingerprint density at radius 1 is 1.04 bits per heavy atom. The minimum Gasteiger partial charge on any atom is -0.454 e. The van der Waals surface area contributed by atoms with E-state index in [9.17, 15) is 14.4 Å². The summed E-state index contributed by atoms with van der Waals surface area (Å²) in [7, 11) is 0. The third-order valence-electron chi connectivity index (χ3n) is 4.91. The second-order valence-electron chi connectivity index (χ2n) is 7.12. The molecule has 7 heteroatoms. The maximum atomic E-state index is 12.9. The maximum absolute atomic E-state index is 12.9. The number of ether oxygens (including phenoxy) is 2. The number of benzene rings is 2. The van der Waals surface area contributed by atoms with E-state index >= 15 is 0 Å². The van der Waals surface area contributed by atoms with Crippen LogP contribution in [0.25, 0.3) is 0 Å². The van der Waals surface area contributed by atoms with E-state index in [1.54, 1.807) is 36.4 Å². The van der Waals surface area contributed by atoms with Gasteiger partial charge >= 0.3 is 0 Å². The van der Waals surface area contributed by atoms with Gasteiger partial charge in [-0.1, -0.05) is 32.0 Å². The lowest BCUT2D eigenvalue weighted by molar-refractivity contribution is -0.126. The van der Waals surface area contributed by atoms with Gasteiger partial charge in [-0.05, 0) is 35.7 Å². The molecule has 2 aliphatic rings. The number of nitrogens with zero attached hydrogens (tertiary/aromatic N) is 1. The SMILES string of the molecule is CC(C)C(C(=O)NCc1ccc2c(c1)OCO2)N1C(=O)c2ccccc2C1=O. The van der Waals surface area contributed by atoms with E-state index in [1.807, 2.05) is 19.9 Å². The van der Waals surface area contributed by atoms with Crippen molar-refractivity contribution in [2.24, 2.45) is 5.92 Å². The molecule has 0 fully saturated rings. The number of amides is 3. The summed E-state index contributed by atoms with van der Waals surface area (Å²) in [5.41, 5.74) is 1.51. The molecular weight excluding hydrogens is 360 g/mol. The van der Waals surface area contributed by atoms with Crippen LogP contribution in [0.2, 0.25) is 0 Å². The molecule has 0 saturated carbocycles. The first-order valence-electron chi connectivity index (χ1n) is 9.10. The van der Waals surface area contributed by atoms with Crippen LogP contribution >= 0.6 is 0 Å². The van der Waals surface area contributed by atoms with Crippen LogP contribution in [0.5, 0.6) is 11.5 Å². The first-order valence-corrected chi connectivity index (χ1v) is 9.10. The zero-order chi connectivity index (χ0) is 19.8. The number of nitrogens with one attached hydrogen (secondary N) is 1. The third kappa shape index (κ3) is 2.98. The monoisotopic (exact) mass is 380 g/mol. The molecule has 0 spiro atoms. The molecule has 28 heavy (non-hydrogen) atoms. The highest BCUT2D eigenvalue weighted by atomic mass is 16.7. The standard InChI is InChI=1S/C21H20N2O5/c1-12(2)18(23-20(25)14-5-3-4-6-15(14)21(23)26)19(24)22-10-13-7-8-16-17(9-13)28-11-27-16/h3-9,12,18H,10-11H2,1-2H3,(H,22,24). The largest absolute Gasteiger partial charge is 0.454 e. The molecule has 0 saturated heterocycles. The van der Waals surface area contributed by atoms with E-state index in [-0.39, 0.29) is 25.2 Å². The molecule has 3 amide bonds. The van der Waals surface area contributed by atoms with Crippen molar-refractivity contribution in [1.29, 1.82) is 0 Å². The van der Waals surface area contributed by atoms with Crippen molar-refractivity contribution in [2.45, 2.75) is 26.4 Å². The summed E-state index contributed by atoms with van der Waals surface area (Å²) in [5.74, 6) is -0.176. The minimum absolute atomic E-state index is 0.181. The smallest absolute Gasteiger partial charge is 0.262 e. The Bertz CT molecular complexity index is 934. The van der Waals surface area contributed by atoms with Crippen LogP contribution in [0.3, 0.4) is 0 Å². The molecular formula is C21H20N2O5. The lowest BCUT2D eigenvalue weighted by Gasteiger charge is -2.28. The van der Waals surface area contributed by atoms with Gasteiger partial charge in [-0.3, -0.25) is 19.3 Å². The van der Waals surface area contributed by atoms with Crippen molar-refractivity contribution in [3.8, 4) is 11.5 Å². The van der Waals surface area contributed by atoms with Crippen molar-refractivity contribution in [2.75, 3.05) is 6.79 Å². The number of hydrogen-bond acceptors (Lipinski definition) is 5. The van der Waals surface area contributed by atoms with E-state index in [0.29, 0.717) is 22.6 Å². The Morgan fingerprint density at radius 2 is 1.68 bits per heavy atom. The molecule has 2 aromatic rings. The van der Waals surface area contributed by atoms with Crippen LogP contribution in [-0.4, -0.2) is 35.5 Å². The summed E-state index contributed by atoms with van der Waals surface area (Å²) >= 11 is 0. The third-order valence-corrected chi connectivity index (χ3v) is 4.91. The Morgan fingerprint density at radius 3 is 2.32 bits per heavy atom. The number of carbonyl (C=O) groups is 3. The Balaban J connectivity index is 1.51. The van der Waals surface area contributed by atoms with Gasteiger partial charge in [-0.25, -0.2) is 0 Å². The van der Waals surface area contributed by atoms with Crippen LogP contribution < -0.4 is 14.8 Å². The van der Waals surface area contributed by atoms with E-state index < -0.39 is 17.9 Å². The number of fused-ring (bicyclic) bond motifs is 2. The van der Waals surface area contributed by atoms with Gasteiger partial charge in [0.05, 0.1) is 11.1 Å². The lowest BCUT2D eigenvalue weighted by Crippen LogP contribution is -2.52. The van der Waals surface area contributed by atoms with Gasteiger partial charge in [0.15, 0.2) is 11.5 Å². The van der Waals surface area contributed by atoms with Gasteiger partial charge in [0.1, 0.15) is 6.04 Å². The highest BCUT2D eigenvalue weighted by Gasteiger charge is 2.43. The van der Waals surface area contributed by atoms with Crippen molar-refractivity contribution in [3.63, 3.8) is 0 Å². The minimum atomic E-state index is -0.888. The number of rotatable bonds is 5. The van der Waals surface area contributed by atoms with Gasteiger partial charge in [0.2, 0.25) is 12.7 Å². The van der Waals surface area contributed by atoms with E-state index in [0.717, 1.165) is 10.5 Å². The van der Waals surface area contributed by atoms with Crippen molar-refractivity contribution in [1.82, 2.24) is 10.2 Å². The summed E-state index contributed by atoms with van der Waals surface area (Å²) in [6, 6.07) is 11.2.